The van der Waals surface area contributed by atoms with Gasteiger partial charge in [-0.05, 0) is 12.1 Å². The number of hydrogen-bond donors (Lipinski definition) is 1. The number of methoxy groups -OCH3 is 1. The SMILES string of the molecule is COCCOCCOc1cc2oc3nc(=O)[nH]c(=O)c-3cc2cc1F. The van der Waals surface area contributed by atoms with E-state index in [-0.39, 0.29) is 36.0 Å². The van der Waals surface area contributed by atoms with Crippen LogP contribution in [0.4, 0.5) is 4.39 Å². The van der Waals surface area contributed by atoms with Crippen molar-refractivity contribution in [2.45, 2.75) is 0 Å². The van der Waals surface area contributed by atoms with E-state index in [1.54, 1.807) is 7.11 Å². The third-order valence-corrected chi connectivity index (χ3v) is 3.39. The number of aromatic nitrogens is 2. The van der Waals surface area contributed by atoms with Gasteiger partial charge in [-0.15, -0.1) is 0 Å². The zero-order valence-corrected chi connectivity index (χ0v) is 13.3. The number of benzene rings is 1. The van der Waals surface area contributed by atoms with Gasteiger partial charge >= 0.3 is 5.69 Å². The Hall–Kier alpha value is -2.78. The Labute approximate surface area is 140 Å². The smallest absolute Gasteiger partial charge is 0.351 e. The van der Waals surface area contributed by atoms with Crippen LogP contribution in [0, 0.1) is 5.82 Å². The van der Waals surface area contributed by atoms with E-state index < -0.39 is 17.1 Å². The quantitative estimate of drug-likeness (QED) is 0.504. The van der Waals surface area contributed by atoms with E-state index >= 15 is 0 Å². The maximum Gasteiger partial charge on any atom is 0.351 e. The summed E-state index contributed by atoms with van der Waals surface area (Å²) in [6.45, 7) is 1.29. The molecule has 1 aromatic carbocycles. The van der Waals surface area contributed by atoms with E-state index in [1.165, 1.54) is 18.2 Å². The highest BCUT2D eigenvalue weighted by Gasteiger charge is 2.16. The fourth-order valence-corrected chi connectivity index (χ4v) is 2.22. The number of H-pyrrole nitrogens is 1. The maximum atomic E-state index is 14.1. The van der Waals surface area contributed by atoms with Gasteiger partial charge in [0.2, 0.25) is 5.89 Å². The van der Waals surface area contributed by atoms with Crippen molar-refractivity contribution in [3.63, 3.8) is 0 Å². The fourth-order valence-electron chi connectivity index (χ4n) is 2.22. The summed E-state index contributed by atoms with van der Waals surface area (Å²) < 4.78 is 35.0. The molecule has 132 valence electrons. The fraction of sp³-hybridized carbons (Fsp3) is 0.312. The summed E-state index contributed by atoms with van der Waals surface area (Å²) in [7, 11) is 1.57. The van der Waals surface area contributed by atoms with Crippen LogP contribution in [0.3, 0.4) is 0 Å². The maximum absolute atomic E-state index is 14.1. The molecule has 0 aromatic heterocycles. The lowest BCUT2D eigenvalue weighted by Crippen LogP contribution is -2.24. The highest BCUT2D eigenvalue weighted by molar-refractivity contribution is 5.83. The van der Waals surface area contributed by atoms with Crippen LogP contribution in [0.25, 0.3) is 22.4 Å². The number of ether oxygens (including phenoxy) is 3. The van der Waals surface area contributed by atoms with Crippen molar-refractivity contribution in [3.05, 3.63) is 44.9 Å². The van der Waals surface area contributed by atoms with Gasteiger partial charge in [-0.1, -0.05) is 0 Å². The summed E-state index contributed by atoms with van der Waals surface area (Å²) >= 11 is 0. The van der Waals surface area contributed by atoms with Crippen molar-refractivity contribution in [1.29, 1.82) is 0 Å². The van der Waals surface area contributed by atoms with E-state index in [2.05, 4.69) is 4.98 Å². The first-order chi connectivity index (χ1) is 12.1. The molecular formula is C16H15FN2O6. The summed E-state index contributed by atoms with van der Waals surface area (Å²) in [4.78, 5) is 28.7. The van der Waals surface area contributed by atoms with Gasteiger partial charge in [-0.2, -0.15) is 4.98 Å². The Bertz CT molecular complexity index is 967. The molecule has 2 aliphatic rings. The monoisotopic (exact) mass is 350 g/mol. The summed E-state index contributed by atoms with van der Waals surface area (Å²) in [5, 5.41) is 0.347. The van der Waals surface area contributed by atoms with Gasteiger partial charge in [-0.3, -0.25) is 9.78 Å². The standard InChI is InChI=1S/C16H15FN2O6/c1-22-2-3-23-4-5-24-13-8-12-9(7-11(13)17)6-10-14(20)18-16(21)19-15(10)25-12/h6-8H,2-5H2,1H3,(H,18,20,21). The van der Waals surface area contributed by atoms with E-state index in [1.807, 2.05) is 4.98 Å². The molecule has 0 bridgehead atoms. The number of aromatic amines is 1. The lowest BCUT2D eigenvalue weighted by atomic mass is 10.1. The highest BCUT2D eigenvalue weighted by atomic mass is 19.1. The number of rotatable bonds is 7. The molecule has 1 N–H and O–H groups in total. The van der Waals surface area contributed by atoms with Gasteiger partial charge in [0.15, 0.2) is 11.6 Å². The van der Waals surface area contributed by atoms with Crippen molar-refractivity contribution in [1.82, 2.24) is 9.97 Å². The van der Waals surface area contributed by atoms with Crippen molar-refractivity contribution in [3.8, 4) is 17.2 Å². The molecule has 0 spiro atoms. The van der Waals surface area contributed by atoms with Crippen molar-refractivity contribution in [2.24, 2.45) is 0 Å². The topological polar surface area (TPSA) is 104 Å². The number of fused-ring (bicyclic) bond motifs is 2. The predicted molar refractivity (Wildman–Crippen MR) is 85.7 cm³/mol. The predicted octanol–water partition coefficient (Wildman–Crippen LogP) is 1.16. The van der Waals surface area contributed by atoms with Crippen LogP contribution in [-0.4, -0.2) is 43.5 Å². The second kappa shape index (κ2) is 7.41. The van der Waals surface area contributed by atoms with Crippen LogP contribution < -0.4 is 16.0 Å². The lowest BCUT2D eigenvalue weighted by Gasteiger charge is -2.10. The molecule has 0 unspecified atom stereocenters. The Kier molecular flexibility index (Phi) is 5.05. The van der Waals surface area contributed by atoms with Gasteiger partial charge < -0.3 is 18.6 Å². The largest absolute Gasteiger partial charge is 0.488 e. The Balaban J connectivity index is 1.85. The number of halogens is 1. The third-order valence-electron chi connectivity index (χ3n) is 3.39. The molecule has 0 saturated carbocycles. The van der Waals surface area contributed by atoms with E-state index in [0.29, 0.717) is 18.6 Å². The second-order valence-electron chi connectivity index (χ2n) is 5.11. The van der Waals surface area contributed by atoms with E-state index in [9.17, 15) is 14.0 Å². The normalized spacial score (nSPS) is 11.3. The minimum absolute atomic E-state index is 0.0295. The zero-order chi connectivity index (χ0) is 17.8. The third kappa shape index (κ3) is 3.83. The van der Waals surface area contributed by atoms with Crippen LogP contribution >= 0.6 is 0 Å². The summed E-state index contributed by atoms with van der Waals surface area (Å²) in [5.74, 6) is -0.761. The molecule has 2 heterocycles. The highest BCUT2D eigenvalue weighted by Crippen LogP contribution is 2.29. The molecule has 2 aliphatic heterocycles. The van der Waals surface area contributed by atoms with Crippen LogP contribution in [-0.2, 0) is 9.47 Å². The van der Waals surface area contributed by atoms with E-state index in [4.69, 9.17) is 18.6 Å². The van der Waals surface area contributed by atoms with Crippen LogP contribution in [0.1, 0.15) is 0 Å². The first kappa shape index (κ1) is 17.1. The number of nitrogens with one attached hydrogen (secondary N) is 1. The molecule has 1 aromatic rings. The van der Waals surface area contributed by atoms with E-state index in [0.717, 1.165) is 0 Å². The first-order valence-corrected chi connectivity index (χ1v) is 7.45. The first-order valence-electron chi connectivity index (χ1n) is 7.45. The van der Waals surface area contributed by atoms with Crippen molar-refractivity contribution < 1.29 is 23.0 Å². The van der Waals surface area contributed by atoms with Gasteiger partial charge in [0.25, 0.3) is 5.56 Å². The molecule has 0 saturated heterocycles. The number of nitrogens with zero attached hydrogens (tertiary/aromatic N) is 1. The van der Waals surface area contributed by atoms with Gasteiger partial charge in [0, 0.05) is 18.6 Å². The summed E-state index contributed by atoms with van der Waals surface area (Å²) in [5.41, 5.74) is -1.16. The second-order valence-corrected chi connectivity index (χ2v) is 5.11. The Morgan fingerprint density at radius 2 is 1.96 bits per heavy atom. The minimum atomic E-state index is -0.813. The molecule has 9 heteroatoms. The molecule has 0 amide bonds. The zero-order valence-electron chi connectivity index (χ0n) is 13.3. The van der Waals surface area contributed by atoms with Gasteiger partial charge in [0.05, 0.1) is 19.8 Å². The molecule has 0 fully saturated rings. The molecule has 0 aliphatic carbocycles. The van der Waals surface area contributed by atoms with Crippen LogP contribution in [0.15, 0.2) is 32.2 Å². The minimum Gasteiger partial charge on any atom is -0.488 e. The molecule has 3 rings (SSSR count). The molecule has 8 nitrogen and oxygen atoms in total. The van der Waals surface area contributed by atoms with Crippen LogP contribution in [0.5, 0.6) is 5.75 Å². The van der Waals surface area contributed by atoms with Crippen LogP contribution in [0.2, 0.25) is 0 Å². The molecule has 25 heavy (non-hydrogen) atoms. The van der Waals surface area contributed by atoms with Crippen molar-refractivity contribution in [2.75, 3.05) is 33.5 Å². The molecular weight excluding hydrogens is 335 g/mol. The van der Waals surface area contributed by atoms with Gasteiger partial charge in [-0.25, -0.2) is 9.18 Å². The van der Waals surface area contributed by atoms with Crippen molar-refractivity contribution >= 4 is 11.0 Å². The Morgan fingerprint density at radius 3 is 2.76 bits per heavy atom. The molecule has 0 atom stereocenters. The Morgan fingerprint density at radius 1 is 1.16 bits per heavy atom. The summed E-state index contributed by atoms with van der Waals surface area (Å²) in [6, 6.07) is 3.93. The molecule has 0 radical (unpaired) electrons. The average Bonchev–Trinajstić information content (AvgIpc) is 2.57. The average molecular weight is 350 g/mol. The number of hydrogen-bond acceptors (Lipinski definition) is 7. The van der Waals surface area contributed by atoms with Gasteiger partial charge in [0.1, 0.15) is 17.8 Å². The summed E-state index contributed by atoms with van der Waals surface area (Å²) in [6.07, 6.45) is 0. The lowest BCUT2D eigenvalue weighted by molar-refractivity contribution is 0.0538.